The van der Waals surface area contributed by atoms with E-state index in [1.54, 1.807) is 24.0 Å². The number of fused-ring (bicyclic) bond motifs is 1. The standard InChI is InChI=1S/C26H31ClFNO4/c1-5-13-25(2,3)33-24(30)29-14-11-17(12-15-29)19-7-6-8-22-23(19)32-26(4,31-22)20-10-9-18(27)16-21(20)28/h6-10,16-17H,5,11-15H2,1-4H3. The summed E-state index contributed by atoms with van der Waals surface area (Å²) in [4.78, 5) is 14.4. The second-order valence-electron chi connectivity index (χ2n) is 9.59. The zero-order chi connectivity index (χ0) is 23.8. The molecule has 0 aromatic heterocycles. The van der Waals surface area contributed by atoms with E-state index in [0.717, 1.165) is 31.2 Å². The van der Waals surface area contributed by atoms with Crippen LogP contribution in [0.2, 0.25) is 5.02 Å². The van der Waals surface area contributed by atoms with Gasteiger partial charge in [-0.1, -0.05) is 37.1 Å². The zero-order valence-electron chi connectivity index (χ0n) is 19.6. The number of hydrogen-bond acceptors (Lipinski definition) is 4. The molecular weight excluding hydrogens is 445 g/mol. The van der Waals surface area contributed by atoms with Gasteiger partial charge in [0.05, 0.1) is 5.56 Å². The molecule has 1 amide bonds. The Hall–Kier alpha value is -2.47. The molecule has 1 unspecified atom stereocenters. The van der Waals surface area contributed by atoms with Crippen LogP contribution < -0.4 is 9.47 Å². The average Bonchev–Trinajstić information content (AvgIpc) is 3.10. The Bertz CT molecular complexity index is 1030. The minimum Gasteiger partial charge on any atom is -0.444 e. The second kappa shape index (κ2) is 9.05. The summed E-state index contributed by atoms with van der Waals surface area (Å²) < 4.78 is 32.7. The van der Waals surface area contributed by atoms with Gasteiger partial charge in [-0.15, -0.1) is 0 Å². The number of halogens is 2. The molecule has 0 N–H and O–H groups in total. The van der Waals surface area contributed by atoms with Crippen molar-refractivity contribution in [2.75, 3.05) is 13.1 Å². The number of hydrogen-bond donors (Lipinski definition) is 0. The predicted octanol–water partition coefficient (Wildman–Crippen LogP) is 7.02. The molecule has 0 aliphatic carbocycles. The summed E-state index contributed by atoms with van der Waals surface area (Å²) >= 11 is 5.91. The van der Waals surface area contributed by atoms with E-state index in [9.17, 15) is 9.18 Å². The van der Waals surface area contributed by atoms with Crippen LogP contribution in [0.4, 0.5) is 9.18 Å². The van der Waals surface area contributed by atoms with Gasteiger partial charge in [-0.05, 0) is 63.3 Å². The van der Waals surface area contributed by atoms with Gasteiger partial charge in [-0.2, -0.15) is 0 Å². The van der Waals surface area contributed by atoms with Crippen molar-refractivity contribution in [2.45, 2.75) is 70.7 Å². The van der Waals surface area contributed by atoms with Gasteiger partial charge in [-0.3, -0.25) is 0 Å². The molecule has 0 bridgehead atoms. The van der Waals surface area contributed by atoms with Crippen molar-refractivity contribution in [3.05, 3.63) is 58.4 Å². The monoisotopic (exact) mass is 475 g/mol. The molecule has 5 nitrogen and oxygen atoms in total. The van der Waals surface area contributed by atoms with Gasteiger partial charge in [0.25, 0.3) is 5.79 Å². The SMILES string of the molecule is CCCC(C)(C)OC(=O)N1CCC(c2cccc3c2OC(C)(c2ccc(Cl)cc2F)O3)CC1. The Morgan fingerprint density at radius 3 is 2.64 bits per heavy atom. The fourth-order valence-electron chi connectivity index (χ4n) is 4.76. The Kier molecular flexibility index (Phi) is 6.50. The van der Waals surface area contributed by atoms with Crippen LogP contribution >= 0.6 is 11.6 Å². The molecule has 2 aliphatic rings. The summed E-state index contributed by atoms with van der Waals surface area (Å²) in [6.45, 7) is 8.91. The number of para-hydroxylation sites is 1. The van der Waals surface area contributed by atoms with Crippen molar-refractivity contribution >= 4 is 17.7 Å². The lowest BCUT2D eigenvalue weighted by Crippen LogP contribution is -2.42. The fraction of sp³-hybridized carbons (Fsp3) is 0.500. The first kappa shape index (κ1) is 23.7. The van der Waals surface area contributed by atoms with Gasteiger partial charge in [-0.25, -0.2) is 9.18 Å². The number of likely N-dealkylation sites (tertiary alicyclic amines) is 1. The fourth-order valence-corrected chi connectivity index (χ4v) is 4.92. The van der Waals surface area contributed by atoms with Gasteiger partial charge in [0.15, 0.2) is 11.5 Å². The van der Waals surface area contributed by atoms with Crippen LogP contribution in [-0.2, 0) is 10.5 Å². The smallest absolute Gasteiger partial charge is 0.410 e. The molecule has 2 heterocycles. The normalized spacial score (nSPS) is 20.7. The summed E-state index contributed by atoms with van der Waals surface area (Å²) in [5.41, 5.74) is 0.849. The highest BCUT2D eigenvalue weighted by atomic mass is 35.5. The quantitative estimate of drug-likeness (QED) is 0.466. The van der Waals surface area contributed by atoms with Crippen molar-refractivity contribution < 1.29 is 23.4 Å². The third-order valence-corrected chi connectivity index (χ3v) is 6.68. The number of benzene rings is 2. The number of rotatable bonds is 5. The topological polar surface area (TPSA) is 48.0 Å². The summed E-state index contributed by atoms with van der Waals surface area (Å²) in [5.74, 6) is -0.319. The van der Waals surface area contributed by atoms with Gasteiger partial charge in [0, 0.05) is 30.6 Å². The lowest BCUT2D eigenvalue weighted by atomic mass is 9.88. The first-order valence-corrected chi connectivity index (χ1v) is 11.9. The van der Waals surface area contributed by atoms with Crippen molar-refractivity contribution in [1.29, 1.82) is 0 Å². The Morgan fingerprint density at radius 1 is 1.24 bits per heavy atom. The van der Waals surface area contributed by atoms with Crippen molar-refractivity contribution in [3.63, 3.8) is 0 Å². The molecule has 4 rings (SSSR count). The molecule has 1 saturated heterocycles. The Balaban J connectivity index is 1.46. The van der Waals surface area contributed by atoms with Crippen LogP contribution in [0.25, 0.3) is 0 Å². The van der Waals surface area contributed by atoms with Crippen LogP contribution in [0.5, 0.6) is 11.5 Å². The van der Waals surface area contributed by atoms with E-state index in [1.807, 2.05) is 32.0 Å². The molecule has 0 radical (unpaired) electrons. The van der Waals surface area contributed by atoms with E-state index in [-0.39, 0.29) is 12.0 Å². The maximum absolute atomic E-state index is 14.6. The minimum atomic E-state index is -1.28. The Labute approximate surface area is 199 Å². The number of carbonyl (C=O) groups excluding carboxylic acids is 1. The van der Waals surface area contributed by atoms with E-state index in [4.69, 9.17) is 25.8 Å². The molecule has 1 fully saturated rings. The predicted molar refractivity (Wildman–Crippen MR) is 125 cm³/mol. The summed E-state index contributed by atoms with van der Waals surface area (Å²) in [5, 5.41) is 0.319. The van der Waals surface area contributed by atoms with Gasteiger partial charge in [0.2, 0.25) is 0 Å². The van der Waals surface area contributed by atoms with Gasteiger partial charge >= 0.3 is 6.09 Å². The van der Waals surface area contributed by atoms with Crippen LogP contribution in [0.1, 0.15) is 70.4 Å². The largest absolute Gasteiger partial charge is 0.444 e. The highest BCUT2D eigenvalue weighted by Crippen LogP contribution is 2.49. The van der Waals surface area contributed by atoms with E-state index in [1.165, 1.54) is 6.07 Å². The minimum absolute atomic E-state index is 0.202. The molecular formula is C26H31ClFNO4. The summed E-state index contributed by atoms with van der Waals surface area (Å²) in [6.07, 6.45) is 3.11. The van der Waals surface area contributed by atoms with Crippen LogP contribution in [-0.4, -0.2) is 29.7 Å². The molecule has 2 aromatic carbocycles. The number of nitrogens with zero attached hydrogens (tertiary/aromatic N) is 1. The number of carbonyl (C=O) groups is 1. The molecule has 0 spiro atoms. The van der Waals surface area contributed by atoms with Crippen molar-refractivity contribution in [2.24, 2.45) is 0 Å². The molecule has 2 aromatic rings. The van der Waals surface area contributed by atoms with E-state index in [0.29, 0.717) is 35.2 Å². The molecule has 7 heteroatoms. The van der Waals surface area contributed by atoms with Crippen molar-refractivity contribution in [3.8, 4) is 11.5 Å². The molecule has 2 aliphatic heterocycles. The highest BCUT2D eigenvalue weighted by molar-refractivity contribution is 6.30. The first-order chi connectivity index (χ1) is 15.6. The molecule has 178 valence electrons. The van der Waals surface area contributed by atoms with Crippen LogP contribution in [0.15, 0.2) is 36.4 Å². The maximum atomic E-state index is 14.6. The third kappa shape index (κ3) is 4.91. The number of amides is 1. The number of piperidine rings is 1. The van der Waals surface area contributed by atoms with Crippen LogP contribution in [0.3, 0.4) is 0 Å². The third-order valence-electron chi connectivity index (χ3n) is 6.44. The lowest BCUT2D eigenvalue weighted by molar-refractivity contribution is -0.0711. The molecule has 33 heavy (non-hydrogen) atoms. The zero-order valence-corrected chi connectivity index (χ0v) is 20.4. The van der Waals surface area contributed by atoms with E-state index in [2.05, 4.69) is 6.92 Å². The lowest BCUT2D eigenvalue weighted by Gasteiger charge is -2.34. The van der Waals surface area contributed by atoms with Crippen molar-refractivity contribution in [1.82, 2.24) is 4.90 Å². The van der Waals surface area contributed by atoms with Gasteiger partial charge in [0.1, 0.15) is 11.4 Å². The molecule has 1 atom stereocenters. The Morgan fingerprint density at radius 2 is 1.97 bits per heavy atom. The van der Waals surface area contributed by atoms with E-state index < -0.39 is 17.2 Å². The van der Waals surface area contributed by atoms with Gasteiger partial charge < -0.3 is 19.1 Å². The first-order valence-electron chi connectivity index (χ1n) is 11.6. The average molecular weight is 476 g/mol. The highest BCUT2D eigenvalue weighted by Gasteiger charge is 2.43. The van der Waals surface area contributed by atoms with Crippen LogP contribution in [0, 0.1) is 5.82 Å². The second-order valence-corrected chi connectivity index (χ2v) is 10.0. The van der Waals surface area contributed by atoms with E-state index >= 15 is 0 Å². The number of ether oxygens (including phenoxy) is 3. The maximum Gasteiger partial charge on any atom is 0.410 e. The molecule has 0 saturated carbocycles. The summed E-state index contributed by atoms with van der Waals surface area (Å²) in [7, 11) is 0. The summed E-state index contributed by atoms with van der Waals surface area (Å²) in [6, 6.07) is 10.3.